The normalized spacial score (nSPS) is 20.4. The van der Waals surface area contributed by atoms with Gasteiger partial charge in [-0.25, -0.2) is 9.59 Å². The van der Waals surface area contributed by atoms with E-state index in [1.54, 1.807) is 0 Å². The molecule has 0 radical (unpaired) electrons. The number of carboxylic acid groups (broad SMARTS) is 2. The smallest absolute Gasteiger partial charge is 0.328 e. The van der Waals surface area contributed by atoms with Gasteiger partial charge in [0.2, 0.25) is 0 Å². The zero-order chi connectivity index (χ0) is 18.3. The van der Waals surface area contributed by atoms with Gasteiger partial charge in [-0.05, 0) is 32.0 Å². The van der Waals surface area contributed by atoms with Crippen LogP contribution in [0, 0.1) is 0 Å². The largest absolute Gasteiger partial charge is 0.478 e. The molecule has 132 valence electrons. The highest BCUT2D eigenvalue weighted by Crippen LogP contribution is 2.29. The average Bonchev–Trinajstić information content (AvgIpc) is 2.49. The van der Waals surface area contributed by atoms with Crippen molar-refractivity contribution >= 4 is 40.8 Å². The molecule has 0 bridgehead atoms. The number of nitrogens with one attached hydrogen (secondary N) is 1. The Morgan fingerprint density at radius 1 is 1.08 bits per heavy atom. The summed E-state index contributed by atoms with van der Waals surface area (Å²) in [4.78, 5) is 21.5. The van der Waals surface area contributed by atoms with Crippen LogP contribution in [0.5, 0.6) is 0 Å². The van der Waals surface area contributed by atoms with Gasteiger partial charge >= 0.3 is 11.9 Å². The third-order valence-electron chi connectivity index (χ3n) is 3.40. The molecule has 24 heavy (non-hydrogen) atoms. The number of aliphatic carboxylic acids is 2. The Kier molecular flexibility index (Phi) is 8.04. The van der Waals surface area contributed by atoms with Gasteiger partial charge in [0.05, 0.1) is 10.0 Å². The molecule has 0 amide bonds. The van der Waals surface area contributed by atoms with Crippen LogP contribution in [-0.4, -0.2) is 47.3 Å². The Labute approximate surface area is 150 Å². The summed E-state index contributed by atoms with van der Waals surface area (Å²) in [5.41, 5.74) is 1.15. The molecule has 2 atom stereocenters. The second-order valence-corrected chi connectivity index (χ2v) is 6.19. The summed E-state index contributed by atoms with van der Waals surface area (Å²) in [5.74, 6) is -2.51. The lowest BCUT2D eigenvalue weighted by Crippen LogP contribution is -2.55. The van der Waals surface area contributed by atoms with E-state index in [0.717, 1.165) is 18.8 Å². The Bertz CT molecular complexity index is 596. The van der Waals surface area contributed by atoms with Crippen molar-refractivity contribution in [2.75, 3.05) is 18.0 Å². The van der Waals surface area contributed by atoms with Crippen molar-refractivity contribution < 1.29 is 19.8 Å². The highest BCUT2D eigenvalue weighted by Gasteiger charge is 2.24. The molecule has 6 nitrogen and oxygen atoms in total. The Hall–Kier alpha value is -1.76. The number of hydrogen-bond acceptors (Lipinski definition) is 4. The number of hydrogen-bond donors (Lipinski definition) is 3. The minimum absolute atomic E-state index is 0.473. The number of anilines is 1. The summed E-state index contributed by atoms with van der Waals surface area (Å²) in [6.45, 7) is 6.44. The molecule has 3 N–H and O–H groups in total. The van der Waals surface area contributed by atoms with Crippen molar-refractivity contribution in [3.63, 3.8) is 0 Å². The summed E-state index contributed by atoms with van der Waals surface area (Å²) in [6, 6.07) is 6.79. The van der Waals surface area contributed by atoms with E-state index in [2.05, 4.69) is 24.1 Å². The highest BCUT2D eigenvalue weighted by atomic mass is 35.5. The molecule has 0 aliphatic carbocycles. The zero-order valence-corrected chi connectivity index (χ0v) is 14.9. The van der Waals surface area contributed by atoms with E-state index in [1.807, 2.05) is 18.2 Å². The van der Waals surface area contributed by atoms with Crippen molar-refractivity contribution in [3.8, 4) is 0 Å². The lowest BCUT2D eigenvalue weighted by Gasteiger charge is -2.41. The fourth-order valence-corrected chi connectivity index (χ4v) is 2.72. The van der Waals surface area contributed by atoms with Crippen LogP contribution in [0.15, 0.2) is 30.4 Å². The van der Waals surface area contributed by atoms with Crippen LogP contribution in [0.2, 0.25) is 10.0 Å². The molecule has 1 aliphatic rings. The van der Waals surface area contributed by atoms with E-state index in [-0.39, 0.29) is 0 Å². The summed E-state index contributed by atoms with van der Waals surface area (Å²) in [6.07, 6.45) is 1.12. The molecule has 1 fully saturated rings. The molecule has 1 aromatic rings. The zero-order valence-electron chi connectivity index (χ0n) is 13.4. The number of rotatable bonds is 3. The van der Waals surface area contributed by atoms with E-state index in [9.17, 15) is 9.59 Å². The van der Waals surface area contributed by atoms with Gasteiger partial charge in [-0.1, -0.05) is 23.2 Å². The van der Waals surface area contributed by atoms with Crippen molar-refractivity contribution in [2.24, 2.45) is 0 Å². The van der Waals surface area contributed by atoms with Crippen LogP contribution in [0.3, 0.4) is 0 Å². The van der Waals surface area contributed by atoms with Gasteiger partial charge in [-0.15, -0.1) is 0 Å². The standard InChI is InChI=1S/C12H16Cl2N2.C4H4O4/c1-8-6-15-7-9(2)16(8)10-3-4-11(13)12(14)5-10;5-3(6)1-2-4(7)8/h3-5,8-9,15H,6-7H2,1-2H3;1-2H,(H,5,6)(H,7,8)/b;2-1+/t8-,9+;. The highest BCUT2D eigenvalue weighted by molar-refractivity contribution is 6.42. The molecule has 1 aromatic carbocycles. The number of halogens is 2. The Morgan fingerprint density at radius 3 is 2.00 bits per heavy atom. The first kappa shape index (κ1) is 20.3. The molecule has 8 heteroatoms. The number of benzene rings is 1. The predicted octanol–water partition coefficient (Wildman–Crippen LogP) is 2.89. The van der Waals surface area contributed by atoms with Crippen LogP contribution in [0.25, 0.3) is 0 Å². The fraction of sp³-hybridized carbons (Fsp3) is 0.375. The molecular formula is C16H20Cl2N2O4. The molecule has 1 aliphatic heterocycles. The lowest BCUT2D eigenvalue weighted by molar-refractivity contribution is -0.134. The van der Waals surface area contributed by atoms with E-state index in [0.29, 0.717) is 34.3 Å². The number of nitrogens with zero attached hydrogens (tertiary/aromatic N) is 1. The predicted molar refractivity (Wildman–Crippen MR) is 95.1 cm³/mol. The SMILES string of the molecule is C[C@@H]1CNC[C@H](C)N1c1ccc(Cl)c(Cl)c1.O=C(O)/C=C/C(=O)O. The maximum absolute atomic E-state index is 9.55. The topological polar surface area (TPSA) is 89.9 Å². The van der Waals surface area contributed by atoms with E-state index in [1.165, 1.54) is 0 Å². The first-order chi connectivity index (χ1) is 11.2. The van der Waals surface area contributed by atoms with Gasteiger partial charge in [0.15, 0.2) is 0 Å². The fourth-order valence-electron chi connectivity index (χ4n) is 2.43. The van der Waals surface area contributed by atoms with Crippen LogP contribution < -0.4 is 10.2 Å². The van der Waals surface area contributed by atoms with Crippen LogP contribution in [0.1, 0.15) is 13.8 Å². The molecular weight excluding hydrogens is 355 g/mol. The van der Waals surface area contributed by atoms with Crippen LogP contribution in [0.4, 0.5) is 5.69 Å². The van der Waals surface area contributed by atoms with Gasteiger partial charge < -0.3 is 20.4 Å². The minimum Gasteiger partial charge on any atom is -0.478 e. The summed E-state index contributed by atoms with van der Waals surface area (Å²) in [7, 11) is 0. The maximum atomic E-state index is 9.55. The second kappa shape index (κ2) is 9.52. The van der Waals surface area contributed by atoms with E-state index < -0.39 is 11.9 Å². The Balaban J connectivity index is 0.000000307. The van der Waals surface area contributed by atoms with Crippen LogP contribution in [-0.2, 0) is 9.59 Å². The minimum atomic E-state index is -1.26. The molecule has 0 unspecified atom stereocenters. The van der Waals surface area contributed by atoms with Crippen molar-refractivity contribution in [2.45, 2.75) is 25.9 Å². The van der Waals surface area contributed by atoms with Crippen molar-refractivity contribution in [3.05, 3.63) is 40.4 Å². The van der Waals surface area contributed by atoms with Gasteiger partial charge in [-0.2, -0.15) is 0 Å². The third kappa shape index (κ3) is 6.39. The first-order valence-electron chi connectivity index (χ1n) is 7.30. The van der Waals surface area contributed by atoms with Gasteiger partial charge in [0.1, 0.15) is 0 Å². The van der Waals surface area contributed by atoms with Crippen molar-refractivity contribution in [1.82, 2.24) is 5.32 Å². The van der Waals surface area contributed by atoms with Gasteiger partial charge in [0.25, 0.3) is 0 Å². The van der Waals surface area contributed by atoms with Crippen LogP contribution >= 0.6 is 23.2 Å². The van der Waals surface area contributed by atoms with E-state index >= 15 is 0 Å². The van der Waals surface area contributed by atoms with E-state index in [4.69, 9.17) is 33.4 Å². The summed E-state index contributed by atoms with van der Waals surface area (Å²) < 4.78 is 0. The number of carboxylic acids is 2. The molecule has 0 saturated carbocycles. The third-order valence-corrected chi connectivity index (χ3v) is 4.14. The molecule has 0 aromatic heterocycles. The maximum Gasteiger partial charge on any atom is 0.328 e. The first-order valence-corrected chi connectivity index (χ1v) is 8.06. The van der Waals surface area contributed by atoms with Gasteiger partial charge in [-0.3, -0.25) is 0 Å². The van der Waals surface area contributed by atoms with Gasteiger partial charge in [0, 0.05) is 43.0 Å². The Morgan fingerprint density at radius 2 is 1.58 bits per heavy atom. The lowest BCUT2D eigenvalue weighted by atomic mass is 10.1. The summed E-state index contributed by atoms with van der Waals surface area (Å²) in [5, 5.41) is 20.3. The molecule has 1 heterocycles. The second-order valence-electron chi connectivity index (χ2n) is 5.37. The monoisotopic (exact) mass is 374 g/mol. The quantitative estimate of drug-likeness (QED) is 0.704. The molecule has 2 rings (SSSR count). The van der Waals surface area contributed by atoms with Crippen molar-refractivity contribution in [1.29, 1.82) is 0 Å². The molecule has 0 spiro atoms. The molecule has 1 saturated heterocycles. The number of piperazine rings is 1. The number of carbonyl (C=O) groups is 2. The average molecular weight is 375 g/mol. The summed E-state index contributed by atoms with van der Waals surface area (Å²) >= 11 is 12.0.